The predicted octanol–water partition coefficient (Wildman–Crippen LogP) is 2.45. The number of rotatable bonds is 4. The van der Waals surface area contributed by atoms with Gasteiger partial charge in [-0.25, -0.2) is 4.39 Å². The van der Waals surface area contributed by atoms with E-state index in [1.807, 2.05) is 0 Å². The van der Waals surface area contributed by atoms with Crippen LogP contribution in [0.4, 0.5) is 10.1 Å². The molecule has 9 heteroatoms. The first kappa shape index (κ1) is 22.7. The van der Waals surface area contributed by atoms with Crippen LogP contribution in [-0.4, -0.2) is 36.6 Å². The number of carbonyl (C=O) groups is 3. The van der Waals surface area contributed by atoms with Crippen molar-refractivity contribution in [3.05, 3.63) is 40.6 Å². The Morgan fingerprint density at radius 3 is 2.28 bits per heavy atom. The first-order valence-corrected chi connectivity index (χ1v) is 7.96. The summed E-state index contributed by atoms with van der Waals surface area (Å²) in [6, 6.07) is 3.82. The summed E-state index contributed by atoms with van der Waals surface area (Å²) in [5.41, 5.74) is 5.15. The van der Waals surface area contributed by atoms with E-state index >= 15 is 0 Å². The molecule has 0 radical (unpaired) electrons. The number of nitrogens with one attached hydrogen (secondary N) is 1. The van der Waals surface area contributed by atoms with Gasteiger partial charge in [0.15, 0.2) is 0 Å². The molecule has 0 spiro atoms. The normalized spacial score (nSPS) is 12.8. The van der Waals surface area contributed by atoms with Crippen molar-refractivity contribution in [1.29, 1.82) is 0 Å². The highest BCUT2D eigenvalue weighted by Gasteiger charge is 2.23. The molecule has 0 heterocycles. The van der Waals surface area contributed by atoms with E-state index in [4.69, 9.17) is 15.6 Å². The number of ether oxygens (including phenoxy) is 1. The lowest BCUT2D eigenvalue weighted by Gasteiger charge is -2.12. The largest absolute Gasteiger partial charge is 0.483 e. The van der Waals surface area contributed by atoms with Crippen molar-refractivity contribution in [3.8, 4) is 0 Å². The van der Waals surface area contributed by atoms with Crippen molar-refractivity contribution in [2.45, 2.75) is 25.4 Å². The lowest BCUT2D eigenvalue weighted by Crippen LogP contribution is -2.40. The van der Waals surface area contributed by atoms with Crippen LogP contribution in [0.2, 0.25) is 0 Å². The van der Waals surface area contributed by atoms with Gasteiger partial charge in [-0.05, 0) is 37.5 Å². The van der Waals surface area contributed by atoms with Crippen LogP contribution < -0.4 is 11.1 Å². The minimum atomic E-state index is -1.41. The summed E-state index contributed by atoms with van der Waals surface area (Å²) in [6.45, 7) is -0.250. The molecule has 0 aliphatic heterocycles. The van der Waals surface area contributed by atoms with Crippen LogP contribution in [0.15, 0.2) is 34.8 Å². The lowest BCUT2D eigenvalue weighted by molar-refractivity contribution is -0.138. The number of methoxy groups -OCH3 is 1. The van der Waals surface area contributed by atoms with E-state index in [-0.39, 0.29) is 12.2 Å². The molecule has 1 aliphatic carbocycles. The molecule has 1 atom stereocenters. The summed E-state index contributed by atoms with van der Waals surface area (Å²) in [5, 5.41) is 9.21. The summed E-state index contributed by atoms with van der Waals surface area (Å²) in [7, 11) is 1.18. The Morgan fingerprint density at radius 2 is 1.92 bits per heavy atom. The average molecular weight is 419 g/mol. The molecule has 1 aliphatic rings. The predicted molar refractivity (Wildman–Crippen MR) is 94.4 cm³/mol. The van der Waals surface area contributed by atoms with Crippen LogP contribution in [0.25, 0.3) is 0 Å². The second kappa shape index (κ2) is 13.1. The van der Waals surface area contributed by atoms with Gasteiger partial charge in [0.05, 0.1) is 0 Å². The maximum atomic E-state index is 13.0. The van der Waals surface area contributed by atoms with Crippen LogP contribution in [0.1, 0.15) is 19.3 Å². The number of halogens is 2. The Hall–Kier alpha value is -2.26. The number of nitrogens with two attached hydrogens (primary N) is 1. The Morgan fingerprint density at radius 1 is 1.36 bits per heavy atom. The molecule has 1 aromatic carbocycles. The van der Waals surface area contributed by atoms with E-state index in [1.165, 1.54) is 38.5 Å². The van der Waals surface area contributed by atoms with E-state index < -0.39 is 23.7 Å². The highest BCUT2D eigenvalue weighted by atomic mass is 79.9. The quantitative estimate of drug-likeness (QED) is 0.394. The zero-order valence-corrected chi connectivity index (χ0v) is 15.2. The molecule has 2 rings (SSSR count). The van der Waals surface area contributed by atoms with Crippen LogP contribution >= 0.6 is 15.9 Å². The van der Waals surface area contributed by atoms with E-state index in [0.29, 0.717) is 4.47 Å². The number of benzene rings is 1. The molecule has 1 unspecified atom stereocenters. The van der Waals surface area contributed by atoms with Crippen LogP contribution in [-0.2, 0) is 19.1 Å². The highest BCUT2D eigenvalue weighted by Crippen LogP contribution is 2.18. The van der Waals surface area contributed by atoms with Crippen molar-refractivity contribution < 1.29 is 28.6 Å². The number of primary amides is 1. The Kier molecular flexibility index (Phi) is 11.9. The van der Waals surface area contributed by atoms with Gasteiger partial charge in [0.2, 0.25) is 6.10 Å². The second-order valence-electron chi connectivity index (χ2n) is 4.67. The van der Waals surface area contributed by atoms with Crippen molar-refractivity contribution >= 4 is 39.9 Å². The summed E-state index contributed by atoms with van der Waals surface area (Å²) in [6.07, 6.45) is 7.09. The van der Waals surface area contributed by atoms with Crippen molar-refractivity contribution in [1.82, 2.24) is 0 Å². The molecule has 7 nitrogen and oxygen atoms in total. The van der Waals surface area contributed by atoms with Gasteiger partial charge < -0.3 is 20.9 Å². The van der Waals surface area contributed by atoms with Gasteiger partial charge in [-0.2, -0.15) is 0 Å². The summed E-state index contributed by atoms with van der Waals surface area (Å²) in [5.74, 6) is -2.19. The average Bonchev–Trinajstić information content (AvgIpc) is 3.06. The maximum absolute atomic E-state index is 13.0. The topological polar surface area (TPSA) is 119 Å². The van der Waals surface area contributed by atoms with Gasteiger partial charge in [-0.1, -0.05) is 28.1 Å². The number of anilines is 1. The van der Waals surface area contributed by atoms with Gasteiger partial charge >= 0.3 is 0 Å². The van der Waals surface area contributed by atoms with Crippen molar-refractivity contribution in [2.75, 3.05) is 12.4 Å². The number of allylic oxidation sites excluding steroid dienone is 2. The molecule has 0 saturated carbocycles. The van der Waals surface area contributed by atoms with Crippen LogP contribution in [0, 0.1) is 5.82 Å². The fraction of sp³-hybridized carbons (Fsp3) is 0.312. The second-order valence-corrected chi connectivity index (χ2v) is 5.59. The fourth-order valence-electron chi connectivity index (χ4n) is 1.78. The number of hydrogen-bond acceptors (Lipinski definition) is 4. The third-order valence-corrected chi connectivity index (χ3v) is 3.23. The molecule has 138 valence electrons. The van der Waals surface area contributed by atoms with Gasteiger partial charge in [0.1, 0.15) is 5.82 Å². The van der Waals surface area contributed by atoms with E-state index in [1.54, 1.807) is 0 Å². The molecule has 4 N–H and O–H groups in total. The Balaban J connectivity index is 0.000000592. The standard InChI is InChI=1S/C10H10BrFN2O3.C5H8.CH2O2/c1-17-8(9(13)15)10(16)14-7-3-5(11)2-6(12)4-7;1-2-4-5-3-1;2-1-3/h2-4,8H,1H3,(H2,13,15)(H,14,16);1-2H,3-5H2;1H,(H,2,3). The molecule has 0 bridgehead atoms. The molecule has 2 amide bonds. The van der Waals surface area contributed by atoms with E-state index in [2.05, 4.69) is 38.1 Å². The van der Waals surface area contributed by atoms with Crippen LogP contribution in [0.5, 0.6) is 0 Å². The Labute approximate surface area is 153 Å². The Bertz CT molecular complexity index is 584. The van der Waals surface area contributed by atoms with Crippen LogP contribution in [0.3, 0.4) is 0 Å². The molecule has 0 saturated heterocycles. The zero-order chi connectivity index (χ0) is 19.2. The number of carboxylic acid groups (broad SMARTS) is 1. The summed E-state index contributed by atoms with van der Waals surface area (Å²) >= 11 is 3.07. The van der Waals surface area contributed by atoms with Gasteiger partial charge in [-0.3, -0.25) is 14.4 Å². The molecular formula is C16H20BrFN2O5. The monoisotopic (exact) mass is 418 g/mol. The van der Waals surface area contributed by atoms with Gasteiger partial charge in [0.25, 0.3) is 18.3 Å². The minimum Gasteiger partial charge on any atom is -0.483 e. The SMILES string of the molecule is C1=CCCC1.COC(C(N)=O)C(=O)Nc1cc(F)cc(Br)c1.O=CO. The summed E-state index contributed by atoms with van der Waals surface area (Å²) in [4.78, 5) is 30.7. The van der Waals surface area contributed by atoms with Crippen molar-refractivity contribution in [2.24, 2.45) is 5.73 Å². The lowest BCUT2D eigenvalue weighted by atomic mass is 10.2. The maximum Gasteiger partial charge on any atom is 0.290 e. The minimum absolute atomic E-state index is 0.199. The first-order valence-electron chi connectivity index (χ1n) is 7.17. The number of carbonyl (C=O) groups excluding carboxylic acids is 2. The molecule has 0 aromatic heterocycles. The third-order valence-electron chi connectivity index (χ3n) is 2.77. The van der Waals surface area contributed by atoms with E-state index in [0.717, 1.165) is 6.07 Å². The van der Waals surface area contributed by atoms with Gasteiger partial charge in [0, 0.05) is 17.3 Å². The highest BCUT2D eigenvalue weighted by molar-refractivity contribution is 9.10. The number of hydrogen-bond donors (Lipinski definition) is 3. The zero-order valence-electron chi connectivity index (χ0n) is 13.6. The molecule has 0 fully saturated rings. The molecule has 1 aromatic rings. The van der Waals surface area contributed by atoms with Crippen molar-refractivity contribution in [3.63, 3.8) is 0 Å². The first-order chi connectivity index (χ1) is 11.8. The fourth-order valence-corrected chi connectivity index (χ4v) is 2.24. The van der Waals surface area contributed by atoms with E-state index in [9.17, 15) is 14.0 Å². The molecule has 25 heavy (non-hydrogen) atoms. The molecular weight excluding hydrogens is 399 g/mol. The summed E-state index contributed by atoms with van der Waals surface area (Å²) < 4.78 is 18.1. The van der Waals surface area contributed by atoms with Gasteiger partial charge in [-0.15, -0.1) is 0 Å². The third kappa shape index (κ3) is 10.3. The smallest absolute Gasteiger partial charge is 0.290 e. The number of amides is 2.